The predicted octanol–water partition coefficient (Wildman–Crippen LogP) is 4.01. The second-order valence-corrected chi connectivity index (χ2v) is 7.80. The summed E-state index contributed by atoms with van der Waals surface area (Å²) in [7, 11) is 0. The summed E-state index contributed by atoms with van der Waals surface area (Å²) in [6.45, 7) is 1.82. The topological polar surface area (TPSA) is 67.4 Å². The Morgan fingerprint density at radius 1 is 1.19 bits per heavy atom. The third-order valence-electron chi connectivity index (χ3n) is 3.80. The van der Waals surface area contributed by atoms with E-state index in [1.807, 2.05) is 49.6 Å². The first kappa shape index (κ1) is 21.3. The standard InChI is InChI=1S/C20H23BrN2O3S/c1-14-12-15(8-9-17(14)21)22-20(25)18(10-11-27-2)23-19(24)13-26-16-6-4-3-5-7-16/h3-9,12,18H,10-11,13H2,1-2H3,(H,22,25)(H,23,24). The van der Waals surface area contributed by atoms with Gasteiger partial charge in [-0.3, -0.25) is 9.59 Å². The molecule has 2 aromatic rings. The Balaban J connectivity index is 1.94. The fourth-order valence-corrected chi connectivity index (χ4v) is 3.08. The van der Waals surface area contributed by atoms with E-state index in [0.717, 1.165) is 15.8 Å². The molecule has 0 aromatic heterocycles. The average Bonchev–Trinajstić information content (AvgIpc) is 2.67. The van der Waals surface area contributed by atoms with Crippen LogP contribution in [0.1, 0.15) is 12.0 Å². The van der Waals surface area contributed by atoms with Crippen LogP contribution in [0.2, 0.25) is 0 Å². The lowest BCUT2D eigenvalue weighted by atomic mass is 10.2. The van der Waals surface area contributed by atoms with Gasteiger partial charge in [-0.25, -0.2) is 0 Å². The Labute approximate surface area is 172 Å². The summed E-state index contributed by atoms with van der Waals surface area (Å²) >= 11 is 5.07. The highest BCUT2D eigenvalue weighted by Crippen LogP contribution is 2.20. The largest absolute Gasteiger partial charge is 0.484 e. The SMILES string of the molecule is CSCCC(NC(=O)COc1ccccc1)C(=O)Nc1ccc(Br)c(C)c1. The normalized spacial score (nSPS) is 11.5. The first-order valence-corrected chi connectivity index (χ1v) is 10.7. The van der Waals surface area contributed by atoms with Crippen molar-refractivity contribution < 1.29 is 14.3 Å². The molecule has 0 aliphatic carbocycles. The third kappa shape index (κ3) is 7.27. The number of para-hydroxylation sites is 1. The highest BCUT2D eigenvalue weighted by atomic mass is 79.9. The summed E-state index contributed by atoms with van der Waals surface area (Å²) in [5.74, 6) is 0.811. The van der Waals surface area contributed by atoms with Gasteiger partial charge in [0.2, 0.25) is 5.91 Å². The monoisotopic (exact) mass is 450 g/mol. The number of carbonyl (C=O) groups excluding carboxylic acids is 2. The van der Waals surface area contributed by atoms with Gasteiger partial charge < -0.3 is 15.4 Å². The molecule has 2 amide bonds. The van der Waals surface area contributed by atoms with Gasteiger partial charge >= 0.3 is 0 Å². The molecule has 2 aromatic carbocycles. The second kappa shape index (κ2) is 11.0. The van der Waals surface area contributed by atoms with Crippen molar-refractivity contribution in [1.82, 2.24) is 5.32 Å². The summed E-state index contributed by atoms with van der Waals surface area (Å²) in [5.41, 5.74) is 1.72. The number of benzene rings is 2. The molecule has 0 radical (unpaired) electrons. The molecular formula is C20H23BrN2O3S. The molecule has 7 heteroatoms. The molecule has 0 saturated heterocycles. The van der Waals surface area contributed by atoms with E-state index in [4.69, 9.17) is 4.74 Å². The number of rotatable bonds is 9. The fourth-order valence-electron chi connectivity index (χ4n) is 2.36. The summed E-state index contributed by atoms with van der Waals surface area (Å²) < 4.78 is 6.42. The van der Waals surface area contributed by atoms with Gasteiger partial charge in [0.25, 0.3) is 5.91 Å². The Hall–Kier alpha value is -1.99. The number of hydrogen-bond acceptors (Lipinski definition) is 4. The molecule has 2 N–H and O–H groups in total. The van der Waals surface area contributed by atoms with Crippen molar-refractivity contribution in [2.75, 3.05) is 23.9 Å². The highest BCUT2D eigenvalue weighted by Gasteiger charge is 2.21. The van der Waals surface area contributed by atoms with E-state index in [2.05, 4.69) is 26.6 Å². The molecule has 0 aliphatic heterocycles. The van der Waals surface area contributed by atoms with Gasteiger partial charge in [0, 0.05) is 10.2 Å². The third-order valence-corrected chi connectivity index (χ3v) is 5.33. The number of nitrogens with one attached hydrogen (secondary N) is 2. The lowest BCUT2D eigenvalue weighted by Gasteiger charge is -2.18. The smallest absolute Gasteiger partial charge is 0.258 e. The van der Waals surface area contributed by atoms with Crippen LogP contribution < -0.4 is 15.4 Å². The Morgan fingerprint density at radius 2 is 1.93 bits per heavy atom. The van der Waals surface area contributed by atoms with Crippen LogP contribution in [0.4, 0.5) is 5.69 Å². The van der Waals surface area contributed by atoms with E-state index in [1.54, 1.807) is 23.9 Å². The van der Waals surface area contributed by atoms with Gasteiger partial charge in [-0.15, -0.1) is 0 Å². The molecule has 27 heavy (non-hydrogen) atoms. The quantitative estimate of drug-likeness (QED) is 0.605. The van der Waals surface area contributed by atoms with Gasteiger partial charge in [0.1, 0.15) is 11.8 Å². The number of carbonyl (C=O) groups is 2. The molecule has 0 heterocycles. The lowest BCUT2D eigenvalue weighted by molar-refractivity contribution is -0.127. The number of ether oxygens (including phenoxy) is 1. The maximum absolute atomic E-state index is 12.6. The van der Waals surface area contributed by atoms with Gasteiger partial charge in [0.05, 0.1) is 0 Å². The minimum atomic E-state index is -0.617. The number of hydrogen-bond donors (Lipinski definition) is 2. The van der Waals surface area contributed by atoms with Crippen LogP contribution in [-0.2, 0) is 9.59 Å². The zero-order chi connectivity index (χ0) is 19.6. The first-order valence-electron chi connectivity index (χ1n) is 8.52. The van der Waals surface area contributed by atoms with Crippen molar-refractivity contribution in [3.05, 3.63) is 58.6 Å². The maximum atomic E-state index is 12.6. The Kier molecular flexibility index (Phi) is 8.67. The maximum Gasteiger partial charge on any atom is 0.258 e. The van der Waals surface area contributed by atoms with E-state index >= 15 is 0 Å². The van der Waals surface area contributed by atoms with E-state index in [1.165, 1.54) is 0 Å². The zero-order valence-corrected chi connectivity index (χ0v) is 17.7. The fraction of sp³-hybridized carbons (Fsp3) is 0.300. The van der Waals surface area contributed by atoms with E-state index < -0.39 is 6.04 Å². The van der Waals surface area contributed by atoms with Crippen molar-refractivity contribution >= 4 is 45.2 Å². The van der Waals surface area contributed by atoms with E-state index in [0.29, 0.717) is 17.9 Å². The summed E-state index contributed by atoms with van der Waals surface area (Å²) in [5, 5.41) is 5.64. The molecule has 0 spiro atoms. The predicted molar refractivity (Wildman–Crippen MR) is 114 cm³/mol. The molecule has 144 valence electrons. The van der Waals surface area contributed by atoms with Crippen molar-refractivity contribution in [1.29, 1.82) is 0 Å². The van der Waals surface area contributed by atoms with Gasteiger partial charge in [0.15, 0.2) is 6.61 Å². The molecule has 0 saturated carbocycles. The van der Waals surface area contributed by atoms with Gasteiger partial charge in [-0.1, -0.05) is 34.1 Å². The van der Waals surface area contributed by atoms with Crippen LogP contribution in [0.25, 0.3) is 0 Å². The molecule has 1 atom stereocenters. The van der Waals surface area contributed by atoms with Crippen LogP contribution in [0, 0.1) is 6.92 Å². The van der Waals surface area contributed by atoms with E-state index in [9.17, 15) is 9.59 Å². The van der Waals surface area contributed by atoms with Crippen LogP contribution in [0.3, 0.4) is 0 Å². The first-order chi connectivity index (χ1) is 13.0. The van der Waals surface area contributed by atoms with Crippen molar-refractivity contribution in [3.63, 3.8) is 0 Å². The number of aryl methyl sites for hydroxylation is 1. The van der Waals surface area contributed by atoms with Gasteiger partial charge in [-0.05, 0) is 61.2 Å². The number of halogens is 1. The zero-order valence-electron chi connectivity index (χ0n) is 15.3. The summed E-state index contributed by atoms with van der Waals surface area (Å²) in [4.78, 5) is 24.9. The number of anilines is 1. The molecule has 0 fully saturated rings. The molecular weight excluding hydrogens is 428 g/mol. The number of amides is 2. The number of thioether (sulfide) groups is 1. The van der Waals surface area contributed by atoms with Gasteiger partial charge in [-0.2, -0.15) is 11.8 Å². The lowest BCUT2D eigenvalue weighted by Crippen LogP contribution is -2.45. The molecule has 5 nitrogen and oxygen atoms in total. The highest BCUT2D eigenvalue weighted by molar-refractivity contribution is 9.10. The Bertz CT molecular complexity index is 771. The van der Waals surface area contributed by atoms with Crippen LogP contribution >= 0.6 is 27.7 Å². The van der Waals surface area contributed by atoms with Crippen LogP contribution in [-0.4, -0.2) is 36.5 Å². The molecule has 2 rings (SSSR count). The van der Waals surface area contributed by atoms with Crippen LogP contribution in [0.15, 0.2) is 53.0 Å². The van der Waals surface area contributed by atoms with Crippen LogP contribution in [0.5, 0.6) is 5.75 Å². The average molecular weight is 451 g/mol. The van der Waals surface area contributed by atoms with Crippen molar-refractivity contribution in [3.8, 4) is 5.75 Å². The van der Waals surface area contributed by atoms with Crippen molar-refractivity contribution in [2.45, 2.75) is 19.4 Å². The molecule has 1 unspecified atom stereocenters. The Morgan fingerprint density at radius 3 is 2.59 bits per heavy atom. The second-order valence-electron chi connectivity index (χ2n) is 5.96. The molecule has 0 aliphatic rings. The summed E-state index contributed by atoms with van der Waals surface area (Å²) in [6.07, 6.45) is 2.51. The minimum Gasteiger partial charge on any atom is -0.484 e. The molecule has 0 bridgehead atoms. The van der Waals surface area contributed by atoms with Crippen molar-refractivity contribution in [2.24, 2.45) is 0 Å². The minimum absolute atomic E-state index is 0.134. The summed E-state index contributed by atoms with van der Waals surface area (Å²) in [6, 6.07) is 14.1. The van der Waals surface area contributed by atoms with E-state index in [-0.39, 0.29) is 18.4 Å².